The van der Waals surface area contributed by atoms with E-state index in [2.05, 4.69) is 26.3 Å². The molecule has 0 unspecified atom stereocenters. The summed E-state index contributed by atoms with van der Waals surface area (Å²) in [5.74, 6) is -3.49. The molecule has 17 nitrogen and oxygen atoms in total. The molecule has 6 rings (SSSR count). The molecule has 0 spiro atoms. The fraction of sp³-hybridized carbons (Fsp3) is 0.405. The Balaban J connectivity index is 1.01. The Morgan fingerprint density at radius 2 is 1.75 bits per heavy atom. The van der Waals surface area contributed by atoms with Crippen LogP contribution in [0.1, 0.15) is 65.4 Å². The minimum atomic E-state index is -1.41. The van der Waals surface area contributed by atoms with Gasteiger partial charge >= 0.3 is 18.1 Å². The van der Waals surface area contributed by atoms with Crippen molar-refractivity contribution in [3.8, 4) is 0 Å². The number of aromatic amines is 1. The Hall–Kier alpha value is -6.50. The smallest absolute Gasteiger partial charge is 0.410 e. The zero-order valence-electron chi connectivity index (χ0n) is 33.6. The second-order valence-corrected chi connectivity index (χ2v) is 16.0. The van der Waals surface area contributed by atoms with Gasteiger partial charge < -0.3 is 51.6 Å². The first kappa shape index (κ1) is 44.1. The van der Waals surface area contributed by atoms with Gasteiger partial charge in [0, 0.05) is 67.0 Å². The van der Waals surface area contributed by atoms with Crippen LogP contribution in [0.15, 0.2) is 58.8 Å². The van der Waals surface area contributed by atoms with Gasteiger partial charge in [0.25, 0.3) is 0 Å². The number of carboxylic acid groups (broad SMARTS) is 1. The number of amides is 6. The van der Waals surface area contributed by atoms with Crippen molar-refractivity contribution in [1.29, 1.82) is 0 Å². The molecule has 1 aliphatic carbocycles. The minimum Gasteiger partial charge on any atom is -0.477 e. The number of fused-ring (bicyclic) bond motifs is 1. The lowest BCUT2D eigenvalue weighted by Crippen LogP contribution is -2.58. The Morgan fingerprint density at radius 1 is 1.02 bits per heavy atom. The Morgan fingerprint density at radius 3 is 2.38 bits per heavy atom. The zero-order valence-corrected chi connectivity index (χ0v) is 34.5. The van der Waals surface area contributed by atoms with E-state index < -0.39 is 58.2 Å². The van der Waals surface area contributed by atoms with Crippen LogP contribution in [-0.4, -0.2) is 96.1 Å². The highest BCUT2D eigenvalue weighted by Gasteiger charge is 2.51. The number of aromatic carboxylic acids is 1. The number of urea groups is 1. The maximum Gasteiger partial charge on any atom is 0.410 e. The van der Waals surface area contributed by atoms with E-state index in [0.717, 1.165) is 17.1 Å². The predicted octanol–water partition coefficient (Wildman–Crippen LogP) is 3.85. The van der Waals surface area contributed by atoms with E-state index >= 15 is 4.39 Å². The molecule has 8 N–H and O–H groups in total. The lowest BCUT2D eigenvalue weighted by atomic mass is 9.67. The second-order valence-electron chi connectivity index (χ2n) is 15.0. The van der Waals surface area contributed by atoms with Crippen LogP contribution < -0.4 is 37.3 Å². The lowest BCUT2D eigenvalue weighted by molar-refractivity contribution is -0.150. The normalized spacial score (nSPS) is 15.0. The van der Waals surface area contributed by atoms with Crippen molar-refractivity contribution >= 4 is 69.4 Å². The topological polar surface area (TPSA) is 245 Å². The van der Waals surface area contributed by atoms with Crippen LogP contribution in [-0.2, 0) is 38.6 Å². The standard InChI is InChI=1S/C42H49FN8O9S/c1-2-28-33-29(35(52)30(23-47-33)37(54)55)22-31(43)34(28)50-17-19-51(20-18-50)41(59)60-24-25-8-10-26(11-9-25)48-36(53)32(7-3-15-46-40(44)58)49-39(57)42(13-5-14-42)38(56)45-16-12-27-6-4-21-61-27/h4,6,8-11,21-23,32H,2-3,5,7,12-20,24H2,1H3,(H,45,56)(H,47,52)(H,48,53)(H,49,57)(H,54,55)(H3,44,46,58)/t32-/m0/s1. The van der Waals surface area contributed by atoms with E-state index in [9.17, 15) is 38.7 Å². The third kappa shape index (κ3) is 10.3. The van der Waals surface area contributed by atoms with Gasteiger partial charge in [-0.25, -0.2) is 18.8 Å². The summed E-state index contributed by atoms with van der Waals surface area (Å²) >= 11 is 1.59. The number of benzene rings is 2. The number of H-pyrrole nitrogens is 1. The highest BCUT2D eigenvalue weighted by Crippen LogP contribution is 2.41. The maximum absolute atomic E-state index is 15.5. The molecule has 4 aromatic rings. The number of ether oxygens (including phenoxy) is 1. The number of carboxylic acids is 1. The molecular weight excluding hydrogens is 812 g/mol. The number of pyridine rings is 1. The molecule has 1 saturated carbocycles. The first-order valence-corrected chi connectivity index (χ1v) is 21.0. The minimum absolute atomic E-state index is 0.0458. The van der Waals surface area contributed by atoms with Crippen molar-refractivity contribution in [2.24, 2.45) is 11.1 Å². The van der Waals surface area contributed by atoms with Crippen molar-refractivity contribution < 1.29 is 43.0 Å². The summed E-state index contributed by atoms with van der Waals surface area (Å²) in [5.41, 5.74) is 4.88. The van der Waals surface area contributed by atoms with Crippen LogP contribution in [0.3, 0.4) is 0 Å². The molecule has 1 saturated heterocycles. The molecule has 6 amide bonds. The highest BCUT2D eigenvalue weighted by atomic mass is 32.1. The average Bonchev–Trinajstić information content (AvgIpc) is 3.74. The molecule has 19 heteroatoms. The number of carbonyl (C=O) groups is 6. The van der Waals surface area contributed by atoms with Crippen molar-refractivity contribution in [1.82, 2.24) is 25.8 Å². The number of hydrogen-bond acceptors (Lipinski definition) is 10. The molecule has 2 fully saturated rings. The SMILES string of the molecule is CCc1c(N2CCN(C(=O)OCc3ccc(NC(=O)[C@H](CCCNC(N)=O)NC(=O)C4(C(=O)NCCc5cccs5)CCC4)cc3)CC2)c(F)cc2c(=O)c(C(=O)O)c[nH]c12. The maximum atomic E-state index is 15.5. The van der Waals surface area contributed by atoms with Gasteiger partial charge in [0.2, 0.25) is 23.2 Å². The molecule has 1 atom stereocenters. The van der Waals surface area contributed by atoms with E-state index in [4.69, 9.17) is 10.5 Å². The first-order valence-electron chi connectivity index (χ1n) is 20.1. The number of halogens is 1. The van der Waals surface area contributed by atoms with Crippen LogP contribution in [0, 0.1) is 11.2 Å². The van der Waals surface area contributed by atoms with Gasteiger partial charge in [-0.2, -0.15) is 0 Å². The zero-order chi connectivity index (χ0) is 43.7. The fourth-order valence-electron chi connectivity index (χ4n) is 7.59. The molecule has 1 aliphatic heterocycles. The molecule has 2 aromatic heterocycles. The summed E-state index contributed by atoms with van der Waals surface area (Å²) in [6.45, 7) is 3.33. The molecule has 2 aliphatic rings. The van der Waals surface area contributed by atoms with Crippen molar-refractivity contribution in [2.75, 3.05) is 49.5 Å². The number of thiophene rings is 1. The molecule has 3 heterocycles. The van der Waals surface area contributed by atoms with Gasteiger partial charge in [-0.3, -0.25) is 19.2 Å². The number of nitrogens with one attached hydrogen (secondary N) is 5. The van der Waals surface area contributed by atoms with Gasteiger partial charge in [0.1, 0.15) is 29.4 Å². The van der Waals surface area contributed by atoms with Gasteiger partial charge in [0.05, 0.1) is 11.2 Å². The van der Waals surface area contributed by atoms with Crippen LogP contribution in [0.2, 0.25) is 0 Å². The third-order valence-electron chi connectivity index (χ3n) is 11.1. The van der Waals surface area contributed by atoms with E-state index in [1.165, 1.54) is 4.90 Å². The van der Waals surface area contributed by atoms with Crippen LogP contribution in [0.25, 0.3) is 10.9 Å². The summed E-state index contributed by atoms with van der Waals surface area (Å²) in [6, 6.07) is 9.82. The van der Waals surface area contributed by atoms with Crippen molar-refractivity contribution in [2.45, 2.75) is 64.5 Å². The van der Waals surface area contributed by atoms with E-state index in [-0.39, 0.29) is 62.7 Å². The summed E-state index contributed by atoms with van der Waals surface area (Å²) in [7, 11) is 0. The molecule has 324 valence electrons. The van der Waals surface area contributed by atoms with E-state index in [0.29, 0.717) is 67.4 Å². The van der Waals surface area contributed by atoms with Crippen molar-refractivity contribution in [3.63, 3.8) is 0 Å². The first-order chi connectivity index (χ1) is 29.3. The van der Waals surface area contributed by atoms with E-state index in [1.54, 1.807) is 40.5 Å². The lowest BCUT2D eigenvalue weighted by Gasteiger charge is -2.39. The van der Waals surface area contributed by atoms with Crippen molar-refractivity contribution in [3.05, 3.63) is 91.6 Å². The number of nitrogens with two attached hydrogens (primary N) is 1. The number of hydrogen-bond donors (Lipinski definition) is 7. The number of primary amides is 1. The monoisotopic (exact) mass is 860 g/mol. The largest absolute Gasteiger partial charge is 0.477 e. The number of aryl methyl sites for hydroxylation is 1. The van der Waals surface area contributed by atoms with Gasteiger partial charge in [-0.05, 0) is 73.7 Å². The van der Waals surface area contributed by atoms with E-state index in [1.807, 2.05) is 24.4 Å². The van der Waals surface area contributed by atoms with Crippen LogP contribution >= 0.6 is 11.3 Å². The third-order valence-corrected chi connectivity index (χ3v) is 12.1. The summed E-state index contributed by atoms with van der Waals surface area (Å²) in [6.07, 6.45) is 3.44. The number of aromatic nitrogens is 1. The molecular formula is C42H49FN8O9S. The number of carbonyl (C=O) groups excluding carboxylic acids is 5. The molecule has 0 radical (unpaired) electrons. The Kier molecular flexibility index (Phi) is 14.2. The summed E-state index contributed by atoms with van der Waals surface area (Å²) in [4.78, 5) is 96.2. The number of rotatable bonds is 17. The summed E-state index contributed by atoms with van der Waals surface area (Å²) in [5, 5.41) is 22.2. The van der Waals surface area contributed by atoms with Gasteiger partial charge in [-0.1, -0.05) is 31.5 Å². The summed E-state index contributed by atoms with van der Waals surface area (Å²) < 4.78 is 21.1. The molecule has 0 bridgehead atoms. The van der Waals surface area contributed by atoms with Crippen LogP contribution in [0.4, 0.5) is 25.4 Å². The Bertz CT molecular complexity index is 2320. The number of nitrogens with zero attached hydrogens (tertiary/aromatic N) is 2. The van der Waals surface area contributed by atoms with Crippen LogP contribution in [0.5, 0.6) is 0 Å². The number of piperazine rings is 1. The van der Waals surface area contributed by atoms with Gasteiger partial charge in [0.15, 0.2) is 0 Å². The van der Waals surface area contributed by atoms with Gasteiger partial charge in [-0.15, -0.1) is 11.3 Å². The molecule has 61 heavy (non-hydrogen) atoms. The fourth-order valence-corrected chi connectivity index (χ4v) is 8.30. The predicted molar refractivity (Wildman–Crippen MR) is 226 cm³/mol. The average molecular weight is 861 g/mol. The number of anilines is 2. The Labute approximate surface area is 354 Å². The molecule has 2 aromatic carbocycles. The highest BCUT2D eigenvalue weighted by molar-refractivity contribution is 7.09. The quantitative estimate of drug-likeness (QED) is 0.0597. The second kappa shape index (κ2) is 19.7.